The molecule has 118 valence electrons. The van der Waals surface area contributed by atoms with Gasteiger partial charge in [0.25, 0.3) is 0 Å². The highest BCUT2D eigenvalue weighted by atomic mass is 19.4. The SMILES string of the molecule is OB(O)c1c(C(F)(F)F)cc(C(F)(F)F)cc1C(F)(F)F. The Morgan fingerprint density at radius 1 is 0.667 bits per heavy atom. The van der Waals surface area contributed by atoms with Gasteiger partial charge in [-0.3, -0.25) is 0 Å². The summed E-state index contributed by atoms with van der Waals surface area (Å²) in [4.78, 5) is 0. The van der Waals surface area contributed by atoms with Crippen molar-refractivity contribution < 1.29 is 49.6 Å². The van der Waals surface area contributed by atoms with Gasteiger partial charge >= 0.3 is 25.6 Å². The van der Waals surface area contributed by atoms with Crippen LogP contribution in [0.5, 0.6) is 0 Å². The summed E-state index contributed by atoms with van der Waals surface area (Å²) in [5.41, 5.74) is -9.12. The predicted octanol–water partition coefficient (Wildman–Crippen LogP) is 2.42. The van der Waals surface area contributed by atoms with Crippen LogP contribution in [0.2, 0.25) is 0 Å². The summed E-state index contributed by atoms with van der Waals surface area (Å²) in [5, 5.41) is 17.4. The summed E-state index contributed by atoms with van der Waals surface area (Å²) in [6, 6.07) is -1.21. The third kappa shape index (κ3) is 3.81. The van der Waals surface area contributed by atoms with Crippen LogP contribution in [0.25, 0.3) is 0 Å². The molecule has 12 heteroatoms. The monoisotopic (exact) mass is 326 g/mol. The van der Waals surface area contributed by atoms with Crippen LogP contribution >= 0.6 is 0 Å². The molecule has 0 aliphatic rings. The average molecular weight is 326 g/mol. The lowest BCUT2D eigenvalue weighted by atomic mass is 9.72. The number of benzene rings is 1. The predicted molar refractivity (Wildman–Crippen MR) is 51.3 cm³/mol. The van der Waals surface area contributed by atoms with E-state index in [4.69, 9.17) is 10.0 Å². The summed E-state index contributed by atoms with van der Waals surface area (Å²) in [7, 11) is -3.25. The Morgan fingerprint density at radius 2 is 1.00 bits per heavy atom. The molecule has 0 saturated heterocycles. The van der Waals surface area contributed by atoms with Gasteiger partial charge in [0.15, 0.2) is 0 Å². The number of alkyl halides is 9. The zero-order valence-corrected chi connectivity index (χ0v) is 9.53. The molecule has 0 aromatic heterocycles. The second-order valence-corrected chi connectivity index (χ2v) is 3.85. The van der Waals surface area contributed by atoms with Crippen LogP contribution in [0.4, 0.5) is 39.5 Å². The van der Waals surface area contributed by atoms with Crippen molar-refractivity contribution in [1.82, 2.24) is 0 Å². The van der Waals surface area contributed by atoms with Gasteiger partial charge in [-0.2, -0.15) is 39.5 Å². The van der Waals surface area contributed by atoms with Crippen molar-refractivity contribution in [2.45, 2.75) is 18.5 Å². The van der Waals surface area contributed by atoms with E-state index in [0.717, 1.165) is 0 Å². The molecule has 0 heterocycles. The average Bonchev–Trinajstić information content (AvgIpc) is 2.23. The first-order chi connectivity index (χ1) is 9.15. The van der Waals surface area contributed by atoms with Crippen LogP contribution in [0, 0.1) is 0 Å². The Balaban J connectivity index is 3.85. The normalized spacial score (nSPS) is 13.5. The molecule has 0 unspecified atom stereocenters. The van der Waals surface area contributed by atoms with E-state index in [1.54, 1.807) is 0 Å². The van der Waals surface area contributed by atoms with Gasteiger partial charge in [-0.25, -0.2) is 0 Å². The maximum atomic E-state index is 12.6. The van der Waals surface area contributed by atoms with Crippen LogP contribution in [0.3, 0.4) is 0 Å². The van der Waals surface area contributed by atoms with Gasteiger partial charge in [0.2, 0.25) is 0 Å². The third-order valence-electron chi connectivity index (χ3n) is 2.38. The molecule has 0 radical (unpaired) electrons. The van der Waals surface area contributed by atoms with Crippen molar-refractivity contribution in [3.8, 4) is 0 Å². The molecule has 0 atom stereocenters. The van der Waals surface area contributed by atoms with E-state index in [1.807, 2.05) is 0 Å². The van der Waals surface area contributed by atoms with Crippen LogP contribution in [-0.2, 0) is 18.5 Å². The minimum absolute atomic E-state index is 0.607. The molecule has 1 aromatic carbocycles. The highest BCUT2D eigenvalue weighted by Gasteiger charge is 2.46. The van der Waals surface area contributed by atoms with E-state index in [2.05, 4.69) is 0 Å². The molecule has 21 heavy (non-hydrogen) atoms. The van der Waals surface area contributed by atoms with Gasteiger partial charge < -0.3 is 10.0 Å². The highest BCUT2D eigenvalue weighted by Crippen LogP contribution is 2.39. The summed E-state index contributed by atoms with van der Waals surface area (Å²) in [5.74, 6) is 0. The second-order valence-electron chi connectivity index (χ2n) is 3.85. The van der Waals surface area contributed by atoms with Crippen molar-refractivity contribution in [2.24, 2.45) is 0 Å². The zero-order valence-electron chi connectivity index (χ0n) is 9.53. The Bertz CT molecular complexity index is 494. The Morgan fingerprint density at radius 3 is 1.19 bits per heavy atom. The van der Waals surface area contributed by atoms with E-state index in [9.17, 15) is 39.5 Å². The van der Waals surface area contributed by atoms with Gasteiger partial charge in [0.1, 0.15) is 0 Å². The van der Waals surface area contributed by atoms with Gasteiger partial charge in [-0.05, 0) is 12.1 Å². The fourth-order valence-corrected chi connectivity index (χ4v) is 1.56. The molecule has 0 saturated carbocycles. The standard InChI is InChI=1S/C9H4BF9O2/c11-7(12,13)3-1-4(8(14,15)16)6(10(20)21)5(2-3)9(17,18)19/h1-2,20-21H. The molecule has 0 aliphatic carbocycles. The number of hydrogen-bond acceptors (Lipinski definition) is 2. The lowest BCUT2D eigenvalue weighted by Gasteiger charge is -2.20. The first kappa shape index (κ1) is 17.6. The molecule has 2 N–H and O–H groups in total. The molecule has 2 nitrogen and oxygen atoms in total. The van der Waals surface area contributed by atoms with E-state index in [-0.39, 0.29) is 0 Å². The highest BCUT2D eigenvalue weighted by molar-refractivity contribution is 6.60. The smallest absolute Gasteiger partial charge is 0.423 e. The van der Waals surface area contributed by atoms with Crippen molar-refractivity contribution >= 4 is 12.6 Å². The van der Waals surface area contributed by atoms with E-state index in [0.29, 0.717) is 0 Å². The molecule has 0 spiro atoms. The van der Waals surface area contributed by atoms with Gasteiger partial charge in [0.05, 0.1) is 16.7 Å². The Kier molecular flexibility index (Phi) is 4.27. The number of hydrogen-bond donors (Lipinski definition) is 2. The molecule has 0 fully saturated rings. The van der Waals surface area contributed by atoms with Crippen molar-refractivity contribution in [3.05, 3.63) is 28.8 Å². The maximum absolute atomic E-state index is 12.6. The molecular weight excluding hydrogens is 322 g/mol. The Labute approximate surface area is 110 Å². The first-order valence-corrected chi connectivity index (χ1v) is 4.91. The summed E-state index contributed by atoms with van der Waals surface area (Å²) < 4.78 is 113. The summed E-state index contributed by atoms with van der Waals surface area (Å²) >= 11 is 0. The largest absolute Gasteiger partial charge is 0.489 e. The van der Waals surface area contributed by atoms with Gasteiger partial charge in [-0.1, -0.05) is 0 Å². The van der Waals surface area contributed by atoms with E-state index in [1.165, 1.54) is 0 Å². The lowest BCUT2D eigenvalue weighted by molar-refractivity contribution is -0.147. The summed E-state index contributed by atoms with van der Waals surface area (Å²) in [6.07, 6.45) is -16.8. The molecule has 1 aromatic rings. The van der Waals surface area contributed by atoms with Crippen LogP contribution in [0.15, 0.2) is 12.1 Å². The Hall–Kier alpha value is -1.43. The van der Waals surface area contributed by atoms with Gasteiger partial charge in [0, 0.05) is 5.46 Å². The molecule has 0 aliphatic heterocycles. The topological polar surface area (TPSA) is 40.5 Å². The fraction of sp³-hybridized carbons (Fsp3) is 0.333. The van der Waals surface area contributed by atoms with Crippen LogP contribution in [-0.4, -0.2) is 17.2 Å². The maximum Gasteiger partial charge on any atom is 0.489 e. The van der Waals surface area contributed by atoms with Crippen molar-refractivity contribution in [3.63, 3.8) is 0 Å². The molecule has 0 amide bonds. The molecular formula is C9H4BF9O2. The third-order valence-corrected chi connectivity index (χ3v) is 2.38. The van der Waals surface area contributed by atoms with Crippen LogP contribution < -0.4 is 5.46 Å². The fourth-order valence-electron chi connectivity index (χ4n) is 1.56. The van der Waals surface area contributed by atoms with E-state index >= 15 is 0 Å². The summed E-state index contributed by atoms with van der Waals surface area (Å²) in [6.45, 7) is 0. The quantitative estimate of drug-likeness (QED) is 0.615. The van der Waals surface area contributed by atoms with Crippen molar-refractivity contribution in [1.29, 1.82) is 0 Å². The minimum atomic E-state index is -5.64. The lowest BCUT2D eigenvalue weighted by Crippen LogP contribution is -2.41. The first-order valence-electron chi connectivity index (χ1n) is 4.91. The molecule has 0 bridgehead atoms. The number of halogens is 9. The minimum Gasteiger partial charge on any atom is -0.423 e. The molecule has 1 rings (SSSR count). The number of rotatable bonds is 1. The van der Waals surface area contributed by atoms with Gasteiger partial charge in [-0.15, -0.1) is 0 Å². The van der Waals surface area contributed by atoms with Crippen LogP contribution in [0.1, 0.15) is 16.7 Å². The van der Waals surface area contributed by atoms with Crippen molar-refractivity contribution in [2.75, 3.05) is 0 Å². The zero-order chi connectivity index (χ0) is 16.8. The second kappa shape index (κ2) is 5.09. The van der Waals surface area contributed by atoms with E-state index < -0.39 is 59.9 Å².